The highest BCUT2D eigenvalue weighted by Crippen LogP contribution is 2.00. The van der Waals surface area contributed by atoms with E-state index in [0.29, 0.717) is 5.03 Å². The molecule has 0 rings (SSSR count). The zero-order chi connectivity index (χ0) is 5.70. The summed E-state index contributed by atoms with van der Waals surface area (Å²) in [5.41, 5.74) is 5.19. The lowest BCUT2D eigenvalue weighted by atomic mass is 10.7. The number of nitriles is 1. The van der Waals surface area contributed by atoms with Gasteiger partial charge in [-0.2, -0.15) is 5.26 Å². The molecule has 0 aromatic rings. The molecule has 2 N–H and O–H groups in total. The number of hydrogen-bond donors (Lipinski definition) is 1. The van der Waals surface area contributed by atoms with Crippen molar-refractivity contribution < 1.29 is 0 Å². The van der Waals surface area contributed by atoms with E-state index in [0.717, 1.165) is 0 Å². The van der Waals surface area contributed by atoms with Crippen LogP contribution in [0.25, 0.3) is 0 Å². The van der Waals surface area contributed by atoms with Crippen molar-refractivity contribution in [2.45, 2.75) is 0 Å². The molecule has 0 bridgehead atoms. The number of rotatable bonds is 1. The Balaban J connectivity index is 3.56. The first-order valence-corrected chi connectivity index (χ1v) is 2.93. The summed E-state index contributed by atoms with van der Waals surface area (Å²) in [5.74, 6) is 0. The van der Waals surface area contributed by atoms with Crippen LogP contribution in [0.4, 0.5) is 0 Å². The third-order valence-corrected chi connectivity index (χ3v) is 1.03. The molecule has 0 saturated carbocycles. The molecule has 0 spiro atoms. The van der Waals surface area contributed by atoms with Gasteiger partial charge < -0.3 is 5.73 Å². The van der Waals surface area contributed by atoms with Crippen LogP contribution < -0.4 is 5.73 Å². The monoisotopic (exact) mass is 114 g/mol. The number of hydrogen-bond acceptors (Lipinski definition) is 3. The van der Waals surface area contributed by atoms with E-state index < -0.39 is 0 Å². The molecule has 0 saturated heterocycles. The fourth-order valence-electron chi connectivity index (χ4n) is 0.123. The number of thioether (sulfide) groups is 1. The summed E-state index contributed by atoms with van der Waals surface area (Å²) in [6.45, 7) is 0. The average Bonchev–Trinajstić information content (AvgIpc) is 1.68. The minimum Gasteiger partial charge on any atom is -0.393 e. The molecule has 0 aliphatic carbocycles. The first-order valence-electron chi connectivity index (χ1n) is 1.70. The molecule has 0 aliphatic rings. The Morgan fingerprint density at radius 1 is 2.00 bits per heavy atom. The quantitative estimate of drug-likeness (QED) is 0.510. The van der Waals surface area contributed by atoms with Gasteiger partial charge in [0.05, 0.1) is 11.1 Å². The first-order chi connectivity index (χ1) is 3.31. The van der Waals surface area contributed by atoms with Crippen molar-refractivity contribution in [3.8, 4) is 6.07 Å². The molecule has 3 heteroatoms. The lowest BCUT2D eigenvalue weighted by molar-refractivity contribution is 1.50. The van der Waals surface area contributed by atoms with E-state index >= 15 is 0 Å². The van der Waals surface area contributed by atoms with Crippen LogP contribution in [-0.2, 0) is 0 Å². The summed E-state index contributed by atoms with van der Waals surface area (Å²) in [6.07, 6.45) is 3.13. The van der Waals surface area contributed by atoms with Crippen molar-refractivity contribution in [3.63, 3.8) is 0 Å². The molecule has 0 amide bonds. The average molecular weight is 114 g/mol. The van der Waals surface area contributed by atoms with Crippen molar-refractivity contribution in [3.05, 3.63) is 11.1 Å². The zero-order valence-electron chi connectivity index (χ0n) is 4.01. The molecule has 0 aromatic heterocycles. The highest BCUT2D eigenvalue weighted by molar-refractivity contribution is 8.02. The number of allylic oxidation sites excluding steroid dienone is 1. The van der Waals surface area contributed by atoms with Gasteiger partial charge in [0, 0.05) is 6.08 Å². The van der Waals surface area contributed by atoms with E-state index in [-0.39, 0.29) is 0 Å². The number of nitrogens with zero attached hydrogens (tertiary/aromatic N) is 1. The van der Waals surface area contributed by atoms with Crippen molar-refractivity contribution in [2.24, 2.45) is 5.73 Å². The molecular weight excluding hydrogens is 108 g/mol. The second kappa shape index (κ2) is 3.57. The largest absolute Gasteiger partial charge is 0.393 e. The molecule has 38 valence electrons. The first kappa shape index (κ1) is 6.38. The SMILES string of the molecule is CS/C(N)=C/C#N. The van der Waals surface area contributed by atoms with Crippen LogP contribution in [0.5, 0.6) is 0 Å². The summed E-state index contributed by atoms with van der Waals surface area (Å²) < 4.78 is 0. The van der Waals surface area contributed by atoms with E-state index in [9.17, 15) is 0 Å². The summed E-state index contributed by atoms with van der Waals surface area (Å²) in [5, 5.41) is 8.51. The van der Waals surface area contributed by atoms with Crippen LogP contribution in [0, 0.1) is 11.3 Å². The maximum absolute atomic E-state index is 7.95. The summed E-state index contributed by atoms with van der Waals surface area (Å²) in [6, 6.07) is 1.81. The van der Waals surface area contributed by atoms with Crippen LogP contribution in [-0.4, -0.2) is 6.26 Å². The van der Waals surface area contributed by atoms with Crippen LogP contribution in [0.15, 0.2) is 11.1 Å². The minimum atomic E-state index is 0.558. The Morgan fingerprint density at radius 3 is 2.71 bits per heavy atom. The topological polar surface area (TPSA) is 49.8 Å². The maximum Gasteiger partial charge on any atom is 0.0939 e. The third-order valence-electron chi connectivity index (χ3n) is 0.443. The van der Waals surface area contributed by atoms with E-state index in [1.807, 2.05) is 12.3 Å². The molecule has 0 aliphatic heterocycles. The molecule has 0 atom stereocenters. The fraction of sp³-hybridized carbons (Fsp3) is 0.250. The number of nitrogens with two attached hydrogens (primary N) is 1. The Hall–Kier alpha value is -0.620. The standard InChI is InChI=1S/C4H6N2S/c1-7-4(6)2-3-5/h2H,6H2,1H3/b4-2+. The Morgan fingerprint density at radius 2 is 2.57 bits per heavy atom. The van der Waals surface area contributed by atoms with E-state index in [1.165, 1.54) is 17.8 Å². The smallest absolute Gasteiger partial charge is 0.0939 e. The Bertz CT molecular complexity index is 111. The van der Waals surface area contributed by atoms with Gasteiger partial charge in [-0.05, 0) is 6.26 Å². The Labute approximate surface area is 47.0 Å². The molecule has 2 nitrogen and oxygen atoms in total. The van der Waals surface area contributed by atoms with E-state index in [2.05, 4.69) is 0 Å². The van der Waals surface area contributed by atoms with Gasteiger partial charge in [0.25, 0.3) is 0 Å². The van der Waals surface area contributed by atoms with Crippen LogP contribution in [0.3, 0.4) is 0 Å². The van der Waals surface area contributed by atoms with Gasteiger partial charge >= 0.3 is 0 Å². The normalized spacial score (nSPS) is 10.6. The predicted octanol–water partition coefficient (Wildman–Crippen LogP) is 0.673. The molecular formula is C4H6N2S. The van der Waals surface area contributed by atoms with Gasteiger partial charge in [-0.1, -0.05) is 0 Å². The molecule has 0 fully saturated rings. The summed E-state index contributed by atoms with van der Waals surface area (Å²) in [7, 11) is 0. The van der Waals surface area contributed by atoms with Crippen molar-refractivity contribution >= 4 is 11.8 Å². The third kappa shape index (κ3) is 3.20. The summed E-state index contributed by atoms with van der Waals surface area (Å²) in [4.78, 5) is 0. The van der Waals surface area contributed by atoms with Gasteiger partial charge in [0.15, 0.2) is 0 Å². The van der Waals surface area contributed by atoms with Gasteiger partial charge in [-0.3, -0.25) is 0 Å². The second-order valence-corrected chi connectivity index (χ2v) is 1.76. The van der Waals surface area contributed by atoms with Gasteiger partial charge in [-0.15, -0.1) is 11.8 Å². The lowest BCUT2D eigenvalue weighted by Gasteiger charge is -1.84. The molecule has 0 aromatic carbocycles. The predicted molar refractivity (Wildman–Crippen MR) is 31.4 cm³/mol. The maximum atomic E-state index is 7.95. The second-order valence-electron chi connectivity index (χ2n) is 0.880. The van der Waals surface area contributed by atoms with Gasteiger partial charge in [0.2, 0.25) is 0 Å². The summed E-state index contributed by atoms with van der Waals surface area (Å²) >= 11 is 1.37. The van der Waals surface area contributed by atoms with Gasteiger partial charge in [0.1, 0.15) is 0 Å². The lowest BCUT2D eigenvalue weighted by Crippen LogP contribution is -1.88. The highest BCUT2D eigenvalue weighted by atomic mass is 32.2. The Kier molecular flexibility index (Phi) is 3.25. The zero-order valence-corrected chi connectivity index (χ0v) is 4.83. The highest BCUT2D eigenvalue weighted by Gasteiger charge is 1.77. The van der Waals surface area contributed by atoms with Crippen LogP contribution in [0.2, 0.25) is 0 Å². The van der Waals surface area contributed by atoms with E-state index in [4.69, 9.17) is 11.0 Å². The van der Waals surface area contributed by atoms with Gasteiger partial charge in [-0.25, -0.2) is 0 Å². The van der Waals surface area contributed by atoms with Crippen molar-refractivity contribution in [1.29, 1.82) is 5.26 Å². The van der Waals surface area contributed by atoms with Crippen molar-refractivity contribution in [2.75, 3.05) is 6.26 Å². The molecule has 7 heavy (non-hydrogen) atoms. The molecule has 0 heterocycles. The minimum absolute atomic E-state index is 0.558. The molecule has 0 unspecified atom stereocenters. The van der Waals surface area contributed by atoms with Crippen LogP contribution in [0.1, 0.15) is 0 Å². The van der Waals surface area contributed by atoms with Crippen molar-refractivity contribution in [1.82, 2.24) is 0 Å². The molecule has 0 radical (unpaired) electrons. The van der Waals surface area contributed by atoms with E-state index in [1.54, 1.807) is 0 Å². The van der Waals surface area contributed by atoms with Crippen LogP contribution >= 0.6 is 11.8 Å². The fourth-order valence-corrected chi connectivity index (χ4v) is 0.293.